The minimum absolute atomic E-state index is 0.435. The van der Waals surface area contributed by atoms with Gasteiger partial charge in [-0.2, -0.15) is 0 Å². The van der Waals surface area contributed by atoms with Gasteiger partial charge < -0.3 is 0 Å². The third-order valence-corrected chi connectivity index (χ3v) is 10.0. The van der Waals surface area contributed by atoms with E-state index in [9.17, 15) is 0 Å². The van der Waals surface area contributed by atoms with E-state index in [0.29, 0.717) is 5.92 Å². The molecule has 0 aliphatic heterocycles. The molecule has 2 aliphatic carbocycles. The summed E-state index contributed by atoms with van der Waals surface area (Å²) in [7, 11) is 0. The number of thiophene rings is 1. The van der Waals surface area contributed by atoms with E-state index in [1.807, 2.05) is 23.5 Å². The van der Waals surface area contributed by atoms with Gasteiger partial charge in [-0.25, -0.2) is 9.97 Å². The van der Waals surface area contributed by atoms with Crippen LogP contribution in [0.1, 0.15) is 12.0 Å². The zero-order chi connectivity index (χ0) is 25.9. The molecule has 0 bridgehead atoms. The first-order valence-corrected chi connectivity index (χ1v) is 14.6. The molecule has 2 aliphatic rings. The van der Waals surface area contributed by atoms with Crippen LogP contribution in [0.25, 0.3) is 75.1 Å². The Morgan fingerprint density at radius 1 is 0.725 bits per heavy atom. The second-order valence-electron chi connectivity index (χ2n) is 10.9. The van der Waals surface area contributed by atoms with Crippen LogP contribution in [0.4, 0.5) is 0 Å². The zero-order valence-corrected chi connectivity index (χ0v) is 22.2. The number of hydrogen-bond donors (Lipinski definition) is 0. The lowest BCUT2D eigenvalue weighted by Gasteiger charge is -2.23. The molecule has 0 fully saturated rings. The molecule has 0 saturated carbocycles. The van der Waals surface area contributed by atoms with Crippen LogP contribution >= 0.6 is 11.3 Å². The van der Waals surface area contributed by atoms with Crippen LogP contribution in [0.3, 0.4) is 0 Å². The van der Waals surface area contributed by atoms with Crippen molar-refractivity contribution in [2.75, 3.05) is 0 Å². The number of nitrogens with zero attached hydrogens (tertiary/aromatic N) is 3. The zero-order valence-electron chi connectivity index (χ0n) is 21.4. The van der Waals surface area contributed by atoms with Crippen LogP contribution in [-0.2, 0) is 0 Å². The SMILES string of the molecule is C1=CC2=C(c3cc4c5ccc6c7ccccc7sc6c5n5c6nc7ccccc7nc6c(c3)c45)C=CCC2C=C1. The molecule has 4 heterocycles. The van der Waals surface area contributed by atoms with Gasteiger partial charge in [0.2, 0.25) is 0 Å². The maximum atomic E-state index is 5.25. The van der Waals surface area contributed by atoms with Gasteiger partial charge in [-0.15, -0.1) is 11.3 Å². The summed E-state index contributed by atoms with van der Waals surface area (Å²) in [6.45, 7) is 0. The van der Waals surface area contributed by atoms with Gasteiger partial charge in [0.05, 0.1) is 26.8 Å². The summed E-state index contributed by atoms with van der Waals surface area (Å²) in [4.78, 5) is 10.5. The van der Waals surface area contributed by atoms with Gasteiger partial charge in [-0.05, 0) is 53.5 Å². The first-order valence-electron chi connectivity index (χ1n) is 13.8. The Bertz CT molecular complexity index is 2520. The molecule has 186 valence electrons. The largest absolute Gasteiger partial charge is 0.290 e. The Hall–Kier alpha value is -4.80. The van der Waals surface area contributed by atoms with Gasteiger partial charge in [0.25, 0.3) is 0 Å². The van der Waals surface area contributed by atoms with E-state index >= 15 is 0 Å². The highest BCUT2D eigenvalue weighted by molar-refractivity contribution is 7.26. The van der Waals surface area contributed by atoms with Crippen molar-refractivity contribution in [1.29, 1.82) is 0 Å². The number of para-hydroxylation sites is 2. The molecule has 4 heteroatoms. The van der Waals surface area contributed by atoms with Crippen LogP contribution in [0.5, 0.6) is 0 Å². The summed E-state index contributed by atoms with van der Waals surface area (Å²) in [6, 6.07) is 26.4. The molecule has 0 radical (unpaired) electrons. The van der Waals surface area contributed by atoms with Gasteiger partial charge in [-0.3, -0.25) is 4.40 Å². The molecule has 4 aromatic heterocycles. The maximum absolute atomic E-state index is 5.25. The number of allylic oxidation sites excluding steroid dienone is 8. The lowest BCUT2D eigenvalue weighted by Crippen LogP contribution is -2.06. The lowest BCUT2D eigenvalue weighted by molar-refractivity contribution is 0.784. The van der Waals surface area contributed by atoms with Gasteiger partial charge in [-0.1, -0.05) is 78.9 Å². The van der Waals surface area contributed by atoms with Crippen molar-refractivity contribution in [2.45, 2.75) is 6.42 Å². The summed E-state index contributed by atoms with van der Waals surface area (Å²) in [5, 5.41) is 6.33. The summed E-state index contributed by atoms with van der Waals surface area (Å²) < 4.78 is 5.02. The summed E-state index contributed by atoms with van der Waals surface area (Å²) in [6.07, 6.45) is 14.6. The molecule has 4 aromatic carbocycles. The number of aromatic nitrogens is 3. The molecule has 8 aromatic rings. The van der Waals surface area contributed by atoms with E-state index in [4.69, 9.17) is 9.97 Å². The number of fused-ring (bicyclic) bond motifs is 12. The van der Waals surface area contributed by atoms with Crippen molar-refractivity contribution in [3.63, 3.8) is 0 Å². The predicted octanol–water partition coefficient (Wildman–Crippen LogP) is 9.60. The highest BCUT2D eigenvalue weighted by Gasteiger charge is 2.25. The maximum Gasteiger partial charge on any atom is 0.165 e. The topological polar surface area (TPSA) is 30.2 Å². The van der Waals surface area contributed by atoms with Crippen LogP contribution in [0.2, 0.25) is 0 Å². The van der Waals surface area contributed by atoms with Crippen LogP contribution < -0.4 is 0 Å². The van der Waals surface area contributed by atoms with E-state index < -0.39 is 0 Å². The second kappa shape index (κ2) is 7.44. The minimum atomic E-state index is 0.435. The average molecular weight is 528 g/mol. The van der Waals surface area contributed by atoms with Gasteiger partial charge in [0, 0.05) is 37.5 Å². The lowest BCUT2D eigenvalue weighted by atomic mass is 9.81. The molecule has 0 N–H and O–H groups in total. The molecule has 10 rings (SSSR count). The molecule has 3 nitrogen and oxygen atoms in total. The van der Waals surface area contributed by atoms with E-state index in [2.05, 4.69) is 102 Å². The van der Waals surface area contributed by atoms with E-state index in [1.165, 1.54) is 64.1 Å². The van der Waals surface area contributed by atoms with Crippen LogP contribution in [0.15, 0.2) is 115 Å². The summed E-state index contributed by atoms with van der Waals surface area (Å²) in [5.41, 5.74) is 10.2. The standard InChI is InChI=1S/C36H21N3S/c1-2-10-22-20(8-1)9-7-12-23(22)21-18-27-25-16-17-26-24-11-3-6-15-31(24)40-35(26)34(25)39-33(27)28(19-21)32-36(39)38-30-14-5-4-13-29(30)37-32/h1-8,10-20H,9H2. The van der Waals surface area contributed by atoms with Crippen molar-refractivity contribution in [3.8, 4) is 0 Å². The smallest absolute Gasteiger partial charge is 0.165 e. The molecule has 1 unspecified atom stereocenters. The number of hydrogen-bond acceptors (Lipinski definition) is 3. The predicted molar refractivity (Wildman–Crippen MR) is 170 cm³/mol. The fourth-order valence-corrected chi connectivity index (χ4v) is 8.29. The van der Waals surface area contributed by atoms with Gasteiger partial charge >= 0.3 is 0 Å². The molecule has 0 amide bonds. The molecule has 0 saturated heterocycles. The first kappa shape index (κ1) is 21.1. The first-order chi connectivity index (χ1) is 19.8. The van der Waals surface area contributed by atoms with Crippen molar-refractivity contribution >= 4 is 86.5 Å². The highest BCUT2D eigenvalue weighted by Crippen LogP contribution is 2.46. The monoisotopic (exact) mass is 527 g/mol. The molecular formula is C36H21N3S. The molecule has 40 heavy (non-hydrogen) atoms. The fourth-order valence-electron chi connectivity index (χ4n) is 7.05. The normalized spacial score (nSPS) is 17.2. The van der Waals surface area contributed by atoms with Crippen LogP contribution in [-0.4, -0.2) is 14.4 Å². The van der Waals surface area contributed by atoms with Crippen molar-refractivity contribution < 1.29 is 0 Å². The Kier molecular flexibility index (Phi) is 3.92. The Labute approximate surface area is 233 Å². The van der Waals surface area contributed by atoms with E-state index in [0.717, 1.165) is 28.6 Å². The molecule has 0 spiro atoms. The van der Waals surface area contributed by atoms with Crippen molar-refractivity contribution in [3.05, 3.63) is 120 Å². The van der Waals surface area contributed by atoms with Gasteiger partial charge in [0.15, 0.2) is 5.65 Å². The van der Waals surface area contributed by atoms with E-state index in [1.54, 1.807) is 0 Å². The average Bonchev–Trinajstić information content (AvgIpc) is 3.65. The minimum Gasteiger partial charge on any atom is -0.290 e. The summed E-state index contributed by atoms with van der Waals surface area (Å²) in [5.74, 6) is 0.435. The third-order valence-electron chi connectivity index (χ3n) is 8.81. The van der Waals surface area contributed by atoms with E-state index in [-0.39, 0.29) is 0 Å². The van der Waals surface area contributed by atoms with Gasteiger partial charge in [0.1, 0.15) is 5.52 Å². The quantitative estimate of drug-likeness (QED) is 0.213. The Morgan fingerprint density at radius 2 is 1.55 bits per heavy atom. The number of benzene rings is 4. The van der Waals surface area contributed by atoms with Crippen molar-refractivity contribution in [2.24, 2.45) is 5.92 Å². The second-order valence-corrected chi connectivity index (χ2v) is 12.0. The van der Waals surface area contributed by atoms with Crippen LogP contribution in [0, 0.1) is 5.92 Å². The number of rotatable bonds is 1. The molecular weight excluding hydrogens is 506 g/mol. The highest BCUT2D eigenvalue weighted by atomic mass is 32.1. The third kappa shape index (κ3) is 2.59. The summed E-state index contributed by atoms with van der Waals surface area (Å²) >= 11 is 1.88. The molecule has 1 atom stereocenters. The Morgan fingerprint density at radius 3 is 2.50 bits per heavy atom. The van der Waals surface area contributed by atoms with Crippen molar-refractivity contribution in [1.82, 2.24) is 14.4 Å². The fraction of sp³-hybridized carbons (Fsp3) is 0.0556. The Balaban J connectivity index is 1.44.